The molecule has 0 saturated heterocycles. The Balaban J connectivity index is 1.79. The lowest BCUT2D eigenvalue weighted by atomic mass is 10.2. The van der Waals surface area contributed by atoms with Gasteiger partial charge >= 0.3 is 0 Å². The van der Waals surface area contributed by atoms with Crippen LogP contribution in [0.3, 0.4) is 0 Å². The van der Waals surface area contributed by atoms with Crippen molar-refractivity contribution >= 4 is 35.0 Å². The summed E-state index contributed by atoms with van der Waals surface area (Å²) in [6, 6.07) is 1.66. The Morgan fingerprint density at radius 2 is 2.00 bits per heavy atom. The van der Waals surface area contributed by atoms with Crippen LogP contribution in [0.1, 0.15) is 17.0 Å². The van der Waals surface area contributed by atoms with Crippen molar-refractivity contribution in [1.29, 1.82) is 0 Å². The molecule has 9 heteroatoms. The van der Waals surface area contributed by atoms with Gasteiger partial charge in [-0.05, 0) is 19.9 Å². The van der Waals surface area contributed by atoms with Crippen LogP contribution in [0, 0.1) is 13.8 Å². The number of aliphatic imine (C=N–C) groups is 1. The molecule has 0 bridgehead atoms. The van der Waals surface area contributed by atoms with E-state index in [1.165, 1.54) is 5.56 Å². The first-order valence-corrected chi connectivity index (χ1v) is 8.66. The number of pyridine rings is 1. The van der Waals surface area contributed by atoms with Gasteiger partial charge in [0.1, 0.15) is 5.82 Å². The summed E-state index contributed by atoms with van der Waals surface area (Å²) in [5.41, 5.74) is 3.35. The largest absolute Gasteiger partial charge is 0.367 e. The number of rotatable bonds is 6. The van der Waals surface area contributed by atoms with Gasteiger partial charge in [-0.15, -0.1) is 0 Å². The van der Waals surface area contributed by atoms with Gasteiger partial charge in [0.2, 0.25) is 0 Å². The fraction of sp³-hybridized carbons (Fsp3) is 0.438. The van der Waals surface area contributed by atoms with Gasteiger partial charge in [-0.25, -0.2) is 4.98 Å². The van der Waals surface area contributed by atoms with Crippen LogP contribution in [0.15, 0.2) is 17.3 Å². The third kappa shape index (κ3) is 5.24. The van der Waals surface area contributed by atoms with E-state index in [2.05, 4.69) is 37.9 Å². The van der Waals surface area contributed by atoms with Gasteiger partial charge in [-0.2, -0.15) is 5.10 Å². The molecular weight excluding hydrogens is 361 g/mol. The number of anilines is 1. The molecule has 7 nitrogen and oxygen atoms in total. The van der Waals surface area contributed by atoms with Crippen LogP contribution in [0.5, 0.6) is 0 Å². The number of hydrogen-bond donors (Lipinski definition) is 3. The lowest BCUT2D eigenvalue weighted by Crippen LogP contribution is -2.39. The fourth-order valence-corrected chi connectivity index (χ4v) is 2.82. The van der Waals surface area contributed by atoms with Crippen molar-refractivity contribution in [2.75, 3.05) is 25.5 Å². The SMILES string of the molecule is CN=C(NCCNc1ncc(Cl)cc1Cl)NCc1c(C)nn(C)c1C. The molecular formula is C16H23Cl2N7. The molecule has 0 aliphatic rings. The molecule has 0 spiro atoms. The molecule has 2 aromatic rings. The Morgan fingerprint density at radius 3 is 2.60 bits per heavy atom. The highest BCUT2D eigenvalue weighted by molar-refractivity contribution is 6.35. The molecule has 2 rings (SSSR count). The molecule has 0 unspecified atom stereocenters. The summed E-state index contributed by atoms with van der Waals surface area (Å²) in [6.45, 7) is 6.03. The van der Waals surface area contributed by atoms with Crippen molar-refractivity contribution in [3.8, 4) is 0 Å². The first kappa shape index (κ1) is 19.3. The molecule has 0 radical (unpaired) electrons. The summed E-state index contributed by atoms with van der Waals surface area (Å²) >= 11 is 11.9. The molecule has 0 aliphatic heterocycles. The highest BCUT2D eigenvalue weighted by atomic mass is 35.5. The maximum absolute atomic E-state index is 6.07. The van der Waals surface area contributed by atoms with Crippen LogP contribution < -0.4 is 16.0 Å². The minimum absolute atomic E-state index is 0.498. The Kier molecular flexibility index (Phi) is 6.90. The molecule has 2 aromatic heterocycles. The van der Waals surface area contributed by atoms with Gasteiger partial charge in [0.05, 0.1) is 15.7 Å². The Hall–Kier alpha value is -1.99. The number of nitrogens with zero attached hydrogens (tertiary/aromatic N) is 4. The number of nitrogens with one attached hydrogen (secondary N) is 3. The molecule has 0 aromatic carbocycles. The molecule has 136 valence electrons. The molecule has 0 aliphatic carbocycles. The van der Waals surface area contributed by atoms with Gasteiger partial charge < -0.3 is 16.0 Å². The van der Waals surface area contributed by atoms with E-state index in [4.69, 9.17) is 23.2 Å². The van der Waals surface area contributed by atoms with Crippen molar-refractivity contribution in [1.82, 2.24) is 25.4 Å². The standard InChI is InChI=1S/C16H23Cl2N7/c1-10-13(11(2)25(4)24-10)9-23-16(19-3)21-6-5-20-15-14(18)7-12(17)8-22-15/h7-8H,5-6,9H2,1-4H3,(H,20,22)(H2,19,21,23). The number of hydrogen-bond acceptors (Lipinski definition) is 4. The average molecular weight is 384 g/mol. The number of aromatic nitrogens is 3. The van der Waals surface area contributed by atoms with E-state index >= 15 is 0 Å². The predicted molar refractivity (Wildman–Crippen MR) is 104 cm³/mol. The van der Waals surface area contributed by atoms with Crippen LogP contribution >= 0.6 is 23.2 Å². The number of guanidine groups is 1. The van der Waals surface area contributed by atoms with Crippen molar-refractivity contribution in [3.05, 3.63) is 39.3 Å². The first-order valence-electron chi connectivity index (χ1n) is 7.91. The minimum atomic E-state index is 0.498. The van der Waals surface area contributed by atoms with Crippen LogP contribution in [-0.2, 0) is 13.6 Å². The molecule has 0 amide bonds. The predicted octanol–water partition coefficient (Wildman–Crippen LogP) is 2.52. The van der Waals surface area contributed by atoms with Crippen molar-refractivity contribution in [3.63, 3.8) is 0 Å². The molecule has 3 N–H and O–H groups in total. The Morgan fingerprint density at radius 1 is 1.24 bits per heavy atom. The molecule has 0 atom stereocenters. The highest BCUT2D eigenvalue weighted by Crippen LogP contribution is 2.21. The minimum Gasteiger partial charge on any atom is -0.367 e. The fourth-order valence-electron chi connectivity index (χ4n) is 2.37. The maximum Gasteiger partial charge on any atom is 0.191 e. The average Bonchev–Trinajstić information content (AvgIpc) is 2.81. The first-order chi connectivity index (χ1) is 11.9. The van der Waals surface area contributed by atoms with E-state index in [9.17, 15) is 0 Å². The monoisotopic (exact) mass is 383 g/mol. The van der Waals surface area contributed by atoms with E-state index < -0.39 is 0 Å². The van der Waals surface area contributed by atoms with Crippen LogP contribution in [0.4, 0.5) is 5.82 Å². The quantitative estimate of drug-likeness (QED) is 0.405. The van der Waals surface area contributed by atoms with E-state index in [-0.39, 0.29) is 0 Å². The molecule has 25 heavy (non-hydrogen) atoms. The van der Waals surface area contributed by atoms with E-state index in [1.807, 2.05) is 18.7 Å². The zero-order valence-corrected chi connectivity index (χ0v) is 16.3. The lowest BCUT2D eigenvalue weighted by molar-refractivity contribution is 0.728. The van der Waals surface area contributed by atoms with E-state index in [1.54, 1.807) is 19.3 Å². The highest BCUT2D eigenvalue weighted by Gasteiger charge is 2.09. The van der Waals surface area contributed by atoms with Gasteiger partial charge in [-0.1, -0.05) is 23.2 Å². The summed E-state index contributed by atoms with van der Waals surface area (Å²) < 4.78 is 1.88. The summed E-state index contributed by atoms with van der Waals surface area (Å²) in [6.07, 6.45) is 1.56. The zero-order valence-electron chi connectivity index (χ0n) is 14.8. The van der Waals surface area contributed by atoms with Gasteiger partial charge in [0.25, 0.3) is 0 Å². The van der Waals surface area contributed by atoms with Gasteiger partial charge in [0, 0.05) is 51.2 Å². The maximum atomic E-state index is 6.07. The topological polar surface area (TPSA) is 79.2 Å². The Bertz CT molecular complexity index is 755. The second kappa shape index (κ2) is 8.92. The van der Waals surface area contributed by atoms with Crippen LogP contribution in [0.25, 0.3) is 0 Å². The van der Waals surface area contributed by atoms with Gasteiger partial charge in [0.15, 0.2) is 5.96 Å². The normalized spacial score (nSPS) is 11.5. The van der Waals surface area contributed by atoms with Crippen LogP contribution in [-0.4, -0.2) is 40.9 Å². The summed E-state index contributed by atoms with van der Waals surface area (Å²) in [7, 11) is 3.68. The number of halogens is 2. The molecule has 0 fully saturated rings. The van der Waals surface area contributed by atoms with Crippen molar-refractivity contribution < 1.29 is 0 Å². The summed E-state index contributed by atoms with van der Waals surface area (Å²) in [4.78, 5) is 8.38. The molecule has 0 saturated carbocycles. The van der Waals surface area contributed by atoms with Gasteiger partial charge in [-0.3, -0.25) is 9.67 Å². The summed E-state index contributed by atoms with van der Waals surface area (Å²) in [5, 5.41) is 15.1. The van der Waals surface area contributed by atoms with Crippen molar-refractivity contribution in [2.24, 2.45) is 12.0 Å². The van der Waals surface area contributed by atoms with Crippen molar-refractivity contribution in [2.45, 2.75) is 20.4 Å². The second-order valence-electron chi connectivity index (χ2n) is 5.54. The van der Waals surface area contributed by atoms with E-state index in [0.29, 0.717) is 35.5 Å². The molecule has 2 heterocycles. The third-order valence-corrected chi connectivity index (χ3v) is 4.33. The number of aryl methyl sites for hydroxylation is 2. The lowest BCUT2D eigenvalue weighted by Gasteiger charge is -2.13. The van der Waals surface area contributed by atoms with E-state index in [0.717, 1.165) is 17.3 Å². The summed E-state index contributed by atoms with van der Waals surface area (Å²) in [5.74, 6) is 1.33. The zero-order chi connectivity index (χ0) is 18.4. The van der Waals surface area contributed by atoms with Crippen LogP contribution in [0.2, 0.25) is 10.0 Å². The Labute approximate surface area is 157 Å². The smallest absolute Gasteiger partial charge is 0.191 e. The third-order valence-electron chi connectivity index (χ3n) is 3.83. The second-order valence-corrected chi connectivity index (χ2v) is 6.38.